The minimum atomic E-state index is -0.546. The van der Waals surface area contributed by atoms with Gasteiger partial charge in [-0.1, -0.05) is 97.1 Å². The van der Waals surface area contributed by atoms with Crippen LogP contribution in [0.5, 0.6) is 0 Å². The monoisotopic (exact) mass is 672 g/mol. The lowest BCUT2D eigenvalue weighted by molar-refractivity contribution is 0.576. The van der Waals surface area contributed by atoms with E-state index in [0.717, 1.165) is 22.8 Å². The molecule has 4 nitrogen and oxygen atoms in total. The first-order chi connectivity index (χ1) is 25.3. The van der Waals surface area contributed by atoms with Crippen LogP contribution in [-0.4, -0.2) is 19.9 Å². The van der Waals surface area contributed by atoms with E-state index in [-0.39, 0.29) is 10.8 Å². The van der Waals surface area contributed by atoms with E-state index in [9.17, 15) is 0 Å². The molecule has 8 bridgehead atoms. The van der Waals surface area contributed by atoms with Gasteiger partial charge in [0.05, 0.1) is 0 Å². The van der Waals surface area contributed by atoms with Crippen molar-refractivity contribution in [2.45, 2.75) is 49.4 Å². The third-order valence-corrected chi connectivity index (χ3v) is 13.0. The summed E-state index contributed by atoms with van der Waals surface area (Å²) in [5, 5.41) is 0. The predicted octanol–water partition coefficient (Wildman–Crippen LogP) is 10.7. The SMILES string of the molecule is CC1(C)c2ccc([nH]2)C2(c3ccc([nH]3)C(C)(C)c3ccc([nH]3)C3(c4ccc1[nH]4)c1ccccc1-c1ccccc13)c1ccccc1-c1ccccc12. The molecule has 4 aromatic carbocycles. The number of hydrogen-bond donors (Lipinski definition) is 4. The molecule has 0 amide bonds. The summed E-state index contributed by atoms with van der Waals surface area (Å²) in [6.45, 7) is 9.32. The van der Waals surface area contributed by atoms with Crippen LogP contribution in [0.1, 0.15) is 95.5 Å². The van der Waals surface area contributed by atoms with Crippen molar-refractivity contribution in [3.8, 4) is 22.3 Å². The van der Waals surface area contributed by atoms with Crippen molar-refractivity contribution < 1.29 is 0 Å². The van der Waals surface area contributed by atoms with E-state index in [2.05, 4.69) is 193 Å². The molecule has 52 heavy (non-hydrogen) atoms. The number of rotatable bonds is 0. The van der Waals surface area contributed by atoms with Crippen LogP contribution in [0.3, 0.4) is 0 Å². The van der Waals surface area contributed by atoms with Gasteiger partial charge in [-0.15, -0.1) is 0 Å². The highest BCUT2D eigenvalue weighted by atomic mass is 14.9. The Bertz CT molecular complexity index is 2350. The van der Waals surface area contributed by atoms with Crippen molar-refractivity contribution in [1.29, 1.82) is 0 Å². The number of fused-ring (bicyclic) bond motifs is 22. The minimum Gasteiger partial charge on any atom is -0.360 e. The summed E-state index contributed by atoms with van der Waals surface area (Å²) in [4.78, 5) is 16.3. The van der Waals surface area contributed by atoms with Crippen molar-refractivity contribution in [2.24, 2.45) is 0 Å². The van der Waals surface area contributed by atoms with Crippen LogP contribution in [0, 0.1) is 0 Å². The van der Waals surface area contributed by atoms with Crippen molar-refractivity contribution in [3.05, 3.63) is 213 Å². The van der Waals surface area contributed by atoms with Gasteiger partial charge in [0, 0.05) is 56.4 Å². The summed E-state index contributed by atoms with van der Waals surface area (Å²) in [5.41, 5.74) is 17.8. The first-order valence-electron chi connectivity index (χ1n) is 18.5. The molecule has 3 aliphatic rings. The fraction of sp³-hybridized carbons (Fsp3) is 0.167. The number of H-pyrrole nitrogens is 4. The Kier molecular flexibility index (Phi) is 5.63. The molecule has 252 valence electrons. The van der Waals surface area contributed by atoms with Gasteiger partial charge in [0.25, 0.3) is 0 Å². The Labute approximate surface area is 304 Å². The molecule has 8 aromatic rings. The highest BCUT2D eigenvalue weighted by molar-refractivity contribution is 5.87. The highest BCUT2D eigenvalue weighted by Gasteiger charge is 2.51. The number of nitrogens with one attached hydrogen (secondary N) is 4. The lowest BCUT2D eigenvalue weighted by Gasteiger charge is -2.33. The Balaban J connectivity index is 1.23. The van der Waals surface area contributed by atoms with Crippen LogP contribution >= 0.6 is 0 Å². The second-order valence-corrected chi connectivity index (χ2v) is 16.1. The molecule has 5 heterocycles. The predicted molar refractivity (Wildman–Crippen MR) is 209 cm³/mol. The molecule has 0 radical (unpaired) electrons. The zero-order chi connectivity index (χ0) is 35.0. The Morgan fingerprint density at radius 1 is 0.269 bits per heavy atom. The van der Waals surface area contributed by atoms with E-state index in [0.29, 0.717) is 0 Å². The van der Waals surface area contributed by atoms with Gasteiger partial charge in [-0.2, -0.15) is 0 Å². The average Bonchev–Trinajstić information content (AvgIpc) is 4.02. The summed E-state index contributed by atoms with van der Waals surface area (Å²) in [7, 11) is 0. The lowest BCUT2D eigenvalue weighted by Crippen LogP contribution is -2.32. The van der Waals surface area contributed by atoms with E-state index < -0.39 is 10.8 Å². The van der Waals surface area contributed by atoms with Gasteiger partial charge in [-0.05, 0) is 121 Å². The van der Waals surface area contributed by atoms with Gasteiger partial charge in [-0.25, -0.2) is 0 Å². The van der Waals surface area contributed by atoms with Crippen LogP contribution in [0.25, 0.3) is 22.3 Å². The second kappa shape index (κ2) is 9.86. The fourth-order valence-electron chi connectivity index (χ4n) is 10.1. The standard InChI is InChI=1S/C48H40N4/c1-45(2)37-21-25-41(49-37)47(33-17-9-5-13-29(33)30-14-6-10-18-34(30)47)43-27-23-39(51-43)46(3,4)40-24-28-44(52-40)48(42-26-22-38(45)50-42)35-19-11-7-15-31(35)32-16-8-12-20-36(32)48/h5-28,49-52H,1-4H3. The molecule has 2 aliphatic carbocycles. The average molecular weight is 673 g/mol. The van der Waals surface area contributed by atoms with E-state index in [1.54, 1.807) is 0 Å². The van der Waals surface area contributed by atoms with Crippen molar-refractivity contribution in [1.82, 2.24) is 19.9 Å². The first kappa shape index (κ1) is 29.7. The van der Waals surface area contributed by atoms with Crippen LogP contribution in [0.15, 0.2) is 146 Å². The molecule has 0 saturated carbocycles. The molecule has 0 atom stereocenters. The summed E-state index contributed by atoms with van der Waals surface area (Å²) < 4.78 is 0. The molecule has 11 rings (SSSR count). The number of benzene rings is 4. The van der Waals surface area contributed by atoms with Crippen molar-refractivity contribution >= 4 is 0 Å². The third-order valence-electron chi connectivity index (χ3n) is 13.0. The Morgan fingerprint density at radius 3 is 0.731 bits per heavy atom. The molecule has 2 spiro atoms. The maximum absolute atomic E-state index is 4.07. The summed E-state index contributed by atoms with van der Waals surface area (Å²) in [6.07, 6.45) is 0. The fourth-order valence-corrected chi connectivity index (χ4v) is 10.1. The summed E-state index contributed by atoms with van der Waals surface area (Å²) in [5.74, 6) is 0. The van der Waals surface area contributed by atoms with Gasteiger partial charge >= 0.3 is 0 Å². The molecule has 4 aromatic heterocycles. The lowest BCUT2D eigenvalue weighted by atomic mass is 9.73. The second-order valence-electron chi connectivity index (χ2n) is 16.1. The number of aromatic nitrogens is 4. The van der Waals surface area contributed by atoms with Crippen LogP contribution < -0.4 is 0 Å². The molecule has 4 N–H and O–H groups in total. The van der Waals surface area contributed by atoms with Crippen molar-refractivity contribution in [3.63, 3.8) is 0 Å². The molecule has 0 fully saturated rings. The van der Waals surface area contributed by atoms with Crippen LogP contribution in [-0.2, 0) is 21.7 Å². The molecular formula is C48H40N4. The number of hydrogen-bond acceptors (Lipinski definition) is 0. The van der Waals surface area contributed by atoms with E-state index in [4.69, 9.17) is 0 Å². The van der Waals surface area contributed by atoms with Gasteiger partial charge in [-0.3, -0.25) is 0 Å². The Morgan fingerprint density at radius 2 is 0.481 bits per heavy atom. The van der Waals surface area contributed by atoms with Gasteiger partial charge in [0.1, 0.15) is 10.8 Å². The molecule has 4 heteroatoms. The molecular weight excluding hydrogens is 633 g/mol. The van der Waals surface area contributed by atoms with E-state index >= 15 is 0 Å². The molecule has 1 aliphatic heterocycles. The van der Waals surface area contributed by atoms with E-state index in [1.165, 1.54) is 67.3 Å². The summed E-state index contributed by atoms with van der Waals surface area (Å²) >= 11 is 0. The van der Waals surface area contributed by atoms with Gasteiger partial charge < -0.3 is 19.9 Å². The zero-order valence-corrected chi connectivity index (χ0v) is 29.9. The number of aromatic amines is 4. The minimum absolute atomic E-state index is 0.352. The van der Waals surface area contributed by atoms with Gasteiger partial charge in [0.15, 0.2) is 0 Å². The van der Waals surface area contributed by atoms with Crippen LogP contribution in [0.2, 0.25) is 0 Å². The zero-order valence-electron chi connectivity index (χ0n) is 29.9. The molecule has 0 saturated heterocycles. The smallest absolute Gasteiger partial charge is 0.101 e. The maximum Gasteiger partial charge on any atom is 0.101 e. The highest BCUT2D eigenvalue weighted by Crippen LogP contribution is 2.58. The quantitative estimate of drug-likeness (QED) is 0.124. The third kappa shape index (κ3) is 3.43. The van der Waals surface area contributed by atoms with Crippen LogP contribution in [0.4, 0.5) is 0 Å². The van der Waals surface area contributed by atoms with Crippen molar-refractivity contribution in [2.75, 3.05) is 0 Å². The molecule has 0 unspecified atom stereocenters. The summed E-state index contributed by atoms with van der Waals surface area (Å²) in [6, 6.07) is 54.3. The maximum atomic E-state index is 4.07. The van der Waals surface area contributed by atoms with E-state index in [1.807, 2.05) is 0 Å². The topological polar surface area (TPSA) is 63.2 Å². The normalized spacial score (nSPS) is 17.5. The Hall–Kier alpha value is -6.00. The first-order valence-corrected chi connectivity index (χ1v) is 18.5. The van der Waals surface area contributed by atoms with Gasteiger partial charge in [0.2, 0.25) is 0 Å². The largest absolute Gasteiger partial charge is 0.360 e.